The predicted molar refractivity (Wildman–Crippen MR) is 100 cm³/mol. The number of nitrogens with zero attached hydrogens (tertiary/aromatic N) is 2. The number of hydrogen-bond acceptors (Lipinski definition) is 3. The lowest BCUT2D eigenvalue weighted by molar-refractivity contribution is -0.00278. The summed E-state index contributed by atoms with van der Waals surface area (Å²) in [6, 6.07) is 11.4. The van der Waals surface area contributed by atoms with Crippen LogP contribution < -0.4 is 0 Å². The first-order valence-corrected chi connectivity index (χ1v) is 9.43. The minimum atomic E-state index is 0.0433. The van der Waals surface area contributed by atoms with E-state index in [1.807, 2.05) is 0 Å². The molecule has 0 N–H and O–H groups in total. The first-order chi connectivity index (χ1) is 11.6. The fourth-order valence-electron chi connectivity index (χ4n) is 4.37. The van der Waals surface area contributed by atoms with Gasteiger partial charge < -0.3 is 4.74 Å². The van der Waals surface area contributed by atoms with Gasteiger partial charge in [0.2, 0.25) is 0 Å². The highest BCUT2D eigenvalue weighted by molar-refractivity contribution is 5.34. The lowest BCUT2D eigenvalue weighted by atomic mass is 9.82. The lowest BCUT2D eigenvalue weighted by Gasteiger charge is -2.46. The molecule has 1 atom stereocenters. The summed E-state index contributed by atoms with van der Waals surface area (Å²) in [5, 5.41) is 0. The predicted octanol–water partition coefficient (Wildman–Crippen LogP) is 3.88. The second-order valence-electron chi connectivity index (χ2n) is 7.46. The van der Waals surface area contributed by atoms with E-state index in [0.29, 0.717) is 6.04 Å². The zero-order valence-corrected chi connectivity index (χ0v) is 15.5. The number of rotatable bonds is 5. The third kappa shape index (κ3) is 3.58. The third-order valence-corrected chi connectivity index (χ3v) is 5.73. The first-order valence-electron chi connectivity index (χ1n) is 9.43. The van der Waals surface area contributed by atoms with E-state index in [9.17, 15) is 0 Å². The zero-order valence-electron chi connectivity index (χ0n) is 15.5. The standard InChI is InChI=1S/C21H32N2O/c1-4-19(21(2,3)23-14-16-24-17-15-23)20(22-12-8-9-13-22)18-10-6-5-7-11-18/h4-7,10-11,20H,8-9,12-17H2,1-3H3. The first kappa shape index (κ1) is 17.7. The monoisotopic (exact) mass is 328 g/mol. The summed E-state index contributed by atoms with van der Waals surface area (Å²) in [5.74, 6) is 0. The molecule has 1 unspecified atom stereocenters. The highest BCUT2D eigenvalue weighted by Gasteiger charge is 2.38. The molecule has 3 rings (SSSR count). The number of hydrogen-bond donors (Lipinski definition) is 0. The SMILES string of the molecule is CC=C(C(c1ccccc1)N1CCCC1)C(C)(C)N1CCOCC1. The summed E-state index contributed by atoms with van der Waals surface area (Å²) in [5.41, 5.74) is 2.99. The van der Waals surface area contributed by atoms with Gasteiger partial charge in [-0.05, 0) is 57.8 Å². The van der Waals surface area contributed by atoms with Crippen molar-refractivity contribution in [3.63, 3.8) is 0 Å². The molecule has 0 spiro atoms. The Hall–Kier alpha value is -1.16. The van der Waals surface area contributed by atoms with Crippen molar-refractivity contribution in [1.29, 1.82) is 0 Å². The van der Waals surface area contributed by atoms with Gasteiger partial charge in [0.05, 0.1) is 19.3 Å². The maximum absolute atomic E-state index is 5.58. The minimum absolute atomic E-state index is 0.0433. The maximum atomic E-state index is 5.58. The summed E-state index contributed by atoms with van der Waals surface area (Å²) in [6.45, 7) is 13.1. The normalized spacial score (nSPS) is 22.7. The van der Waals surface area contributed by atoms with Gasteiger partial charge in [0.25, 0.3) is 0 Å². The molecule has 2 saturated heterocycles. The molecule has 0 aromatic heterocycles. The van der Waals surface area contributed by atoms with E-state index in [4.69, 9.17) is 4.74 Å². The Morgan fingerprint density at radius 2 is 1.67 bits per heavy atom. The molecule has 1 aromatic carbocycles. The van der Waals surface area contributed by atoms with Crippen molar-refractivity contribution >= 4 is 0 Å². The fraction of sp³-hybridized carbons (Fsp3) is 0.619. The van der Waals surface area contributed by atoms with Crippen molar-refractivity contribution in [2.24, 2.45) is 0 Å². The molecular formula is C21H32N2O. The van der Waals surface area contributed by atoms with E-state index in [0.717, 1.165) is 26.3 Å². The van der Waals surface area contributed by atoms with Gasteiger partial charge in [0.15, 0.2) is 0 Å². The number of allylic oxidation sites excluding steroid dienone is 1. The molecule has 2 aliphatic rings. The Morgan fingerprint density at radius 3 is 2.25 bits per heavy atom. The van der Waals surface area contributed by atoms with Gasteiger partial charge in [-0.1, -0.05) is 36.4 Å². The Balaban J connectivity index is 1.94. The second-order valence-corrected chi connectivity index (χ2v) is 7.46. The Bertz CT molecular complexity index is 540. The highest BCUT2D eigenvalue weighted by Crippen LogP contribution is 2.39. The molecule has 3 nitrogen and oxygen atoms in total. The van der Waals surface area contributed by atoms with E-state index < -0.39 is 0 Å². The van der Waals surface area contributed by atoms with E-state index in [1.165, 1.54) is 37.1 Å². The molecule has 0 amide bonds. The number of morpholine rings is 1. The molecule has 24 heavy (non-hydrogen) atoms. The van der Waals surface area contributed by atoms with Crippen LogP contribution >= 0.6 is 0 Å². The Labute approximate surface area is 147 Å². The smallest absolute Gasteiger partial charge is 0.0594 e. The minimum Gasteiger partial charge on any atom is -0.379 e. The van der Waals surface area contributed by atoms with Crippen molar-refractivity contribution in [3.8, 4) is 0 Å². The van der Waals surface area contributed by atoms with Crippen LogP contribution in [0.1, 0.15) is 45.2 Å². The van der Waals surface area contributed by atoms with E-state index in [-0.39, 0.29) is 5.54 Å². The average molecular weight is 329 g/mol. The molecule has 0 aliphatic carbocycles. The van der Waals surface area contributed by atoms with Crippen molar-refractivity contribution in [1.82, 2.24) is 9.80 Å². The van der Waals surface area contributed by atoms with Gasteiger partial charge >= 0.3 is 0 Å². The Kier molecular flexibility index (Phi) is 5.75. The molecule has 3 heteroatoms. The van der Waals surface area contributed by atoms with E-state index in [1.54, 1.807) is 0 Å². The number of ether oxygens (including phenoxy) is 1. The number of likely N-dealkylation sites (tertiary alicyclic amines) is 1. The van der Waals surface area contributed by atoms with Gasteiger partial charge in [-0.25, -0.2) is 0 Å². The van der Waals surface area contributed by atoms with Crippen LogP contribution in [0.2, 0.25) is 0 Å². The second kappa shape index (κ2) is 7.81. The summed E-state index contributed by atoms with van der Waals surface area (Å²) in [4.78, 5) is 5.27. The van der Waals surface area contributed by atoms with Crippen LogP contribution in [0.4, 0.5) is 0 Å². The molecular weight excluding hydrogens is 296 g/mol. The van der Waals surface area contributed by atoms with Crippen LogP contribution in [0.3, 0.4) is 0 Å². The van der Waals surface area contributed by atoms with Gasteiger partial charge in [0.1, 0.15) is 0 Å². The summed E-state index contributed by atoms with van der Waals surface area (Å²) in [7, 11) is 0. The summed E-state index contributed by atoms with van der Waals surface area (Å²) in [6.07, 6.45) is 5.00. The van der Waals surface area contributed by atoms with Crippen LogP contribution in [-0.2, 0) is 4.74 Å². The van der Waals surface area contributed by atoms with E-state index >= 15 is 0 Å². The van der Waals surface area contributed by atoms with Gasteiger partial charge in [-0.2, -0.15) is 0 Å². The molecule has 0 saturated carbocycles. The summed E-state index contributed by atoms with van der Waals surface area (Å²) >= 11 is 0. The topological polar surface area (TPSA) is 15.7 Å². The number of benzene rings is 1. The lowest BCUT2D eigenvalue weighted by Crippen LogP contribution is -2.53. The third-order valence-electron chi connectivity index (χ3n) is 5.73. The summed E-state index contributed by atoms with van der Waals surface area (Å²) < 4.78 is 5.58. The van der Waals surface area contributed by atoms with Crippen molar-refractivity contribution in [3.05, 3.63) is 47.5 Å². The van der Waals surface area contributed by atoms with Crippen LogP contribution in [-0.4, -0.2) is 54.7 Å². The molecule has 0 bridgehead atoms. The quantitative estimate of drug-likeness (QED) is 0.763. The average Bonchev–Trinajstić information content (AvgIpc) is 3.15. The molecule has 2 heterocycles. The molecule has 2 aliphatic heterocycles. The molecule has 1 aromatic rings. The van der Waals surface area contributed by atoms with Gasteiger partial charge in [0, 0.05) is 18.6 Å². The van der Waals surface area contributed by atoms with Crippen LogP contribution in [0.25, 0.3) is 0 Å². The van der Waals surface area contributed by atoms with Gasteiger partial charge in [-0.3, -0.25) is 9.80 Å². The van der Waals surface area contributed by atoms with Crippen LogP contribution in [0.15, 0.2) is 42.0 Å². The molecule has 132 valence electrons. The van der Waals surface area contributed by atoms with Gasteiger partial charge in [-0.15, -0.1) is 0 Å². The van der Waals surface area contributed by atoms with Crippen LogP contribution in [0.5, 0.6) is 0 Å². The maximum Gasteiger partial charge on any atom is 0.0594 e. The Morgan fingerprint density at radius 1 is 1.04 bits per heavy atom. The fourth-order valence-corrected chi connectivity index (χ4v) is 4.37. The van der Waals surface area contributed by atoms with Crippen molar-refractivity contribution in [2.45, 2.75) is 45.2 Å². The highest BCUT2D eigenvalue weighted by atomic mass is 16.5. The van der Waals surface area contributed by atoms with E-state index in [2.05, 4.69) is 67.0 Å². The zero-order chi connectivity index (χ0) is 17.0. The van der Waals surface area contributed by atoms with Crippen molar-refractivity contribution in [2.75, 3.05) is 39.4 Å². The van der Waals surface area contributed by atoms with Crippen LogP contribution in [0, 0.1) is 0 Å². The largest absolute Gasteiger partial charge is 0.379 e. The van der Waals surface area contributed by atoms with Crippen molar-refractivity contribution < 1.29 is 4.74 Å². The molecule has 0 radical (unpaired) electrons. The molecule has 2 fully saturated rings.